The first-order chi connectivity index (χ1) is 16.7. The van der Waals surface area contributed by atoms with E-state index in [0.29, 0.717) is 11.1 Å². The fourth-order valence-electron chi connectivity index (χ4n) is 4.77. The molecule has 1 heterocycles. The van der Waals surface area contributed by atoms with E-state index in [1.807, 2.05) is 59.3 Å². The third kappa shape index (κ3) is 3.45. The van der Waals surface area contributed by atoms with Gasteiger partial charge in [0, 0.05) is 30.0 Å². The Morgan fingerprint density at radius 1 is 0.824 bits per heavy atom. The van der Waals surface area contributed by atoms with Crippen LogP contribution in [0.15, 0.2) is 109 Å². The molecule has 1 aromatic heterocycles. The number of nitro groups is 1. The Morgan fingerprint density at radius 3 is 1.76 bits per heavy atom. The van der Waals surface area contributed by atoms with Crippen molar-refractivity contribution in [3.8, 4) is 0 Å². The number of rotatable bonds is 7. The van der Waals surface area contributed by atoms with Gasteiger partial charge in [0.25, 0.3) is 5.69 Å². The third-order valence-corrected chi connectivity index (χ3v) is 6.24. The number of aliphatic hydroxyl groups excluding tert-OH is 1. The Kier molecular flexibility index (Phi) is 5.65. The molecule has 0 aliphatic heterocycles. The number of aromatic nitrogens is 2. The van der Waals surface area contributed by atoms with Crippen LogP contribution in [0.1, 0.15) is 22.3 Å². The summed E-state index contributed by atoms with van der Waals surface area (Å²) in [5.41, 5.74) is 3.21. The van der Waals surface area contributed by atoms with Crippen molar-refractivity contribution < 1.29 is 10.0 Å². The largest absolute Gasteiger partial charge is 0.396 e. The molecule has 1 N–H and O–H groups in total. The first kappa shape index (κ1) is 21.6. The first-order valence-corrected chi connectivity index (χ1v) is 11.1. The van der Waals surface area contributed by atoms with Crippen molar-refractivity contribution in [3.05, 3.63) is 142 Å². The zero-order valence-electron chi connectivity index (χ0n) is 18.4. The fraction of sp³-hybridized carbons (Fsp3) is 0.107. The van der Waals surface area contributed by atoms with Crippen LogP contribution in [0.2, 0.25) is 0 Å². The van der Waals surface area contributed by atoms with E-state index in [0.717, 1.165) is 22.1 Å². The molecule has 0 aliphatic carbocycles. The van der Waals surface area contributed by atoms with E-state index >= 15 is 0 Å². The lowest BCUT2D eigenvalue weighted by Gasteiger charge is -2.37. The summed E-state index contributed by atoms with van der Waals surface area (Å²) >= 11 is 0. The number of benzene rings is 4. The molecule has 0 unspecified atom stereocenters. The molecule has 5 rings (SSSR count). The topological polar surface area (TPSA) is 81.2 Å². The van der Waals surface area contributed by atoms with Crippen molar-refractivity contribution >= 4 is 16.6 Å². The van der Waals surface area contributed by atoms with Crippen LogP contribution in [0.4, 0.5) is 5.69 Å². The van der Waals surface area contributed by atoms with Gasteiger partial charge in [0.15, 0.2) is 0 Å². The van der Waals surface area contributed by atoms with Crippen LogP contribution in [-0.4, -0.2) is 26.4 Å². The Hall–Kier alpha value is -4.29. The molecule has 5 aromatic rings. The quantitative estimate of drug-likeness (QED) is 0.207. The molecule has 0 bridgehead atoms. The maximum Gasteiger partial charge on any atom is 0.274 e. The molecule has 0 atom stereocenters. The van der Waals surface area contributed by atoms with E-state index in [4.69, 9.17) is 5.10 Å². The van der Waals surface area contributed by atoms with Crippen LogP contribution in [0.3, 0.4) is 0 Å². The van der Waals surface area contributed by atoms with Crippen LogP contribution in [0.25, 0.3) is 10.9 Å². The normalized spacial score (nSPS) is 11.6. The van der Waals surface area contributed by atoms with Gasteiger partial charge in [0.2, 0.25) is 0 Å². The van der Waals surface area contributed by atoms with Crippen molar-refractivity contribution in [2.45, 2.75) is 12.0 Å². The highest BCUT2D eigenvalue weighted by Gasteiger charge is 2.40. The second kappa shape index (κ2) is 8.92. The van der Waals surface area contributed by atoms with E-state index in [9.17, 15) is 15.2 Å². The minimum Gasteiger partial charge on any atom is -0.396 e. The average Bonchev–Trinajstić information content (AvgIpc) is 3.29. The highest BCUT2D eigenvalue weighted by Crippen LogP contribution is 2.42. The zero-order chi connectivity index (χ0) is 23.5. The smallest absolute Gasteiger partial charge is 0.274 e. The molecule has 0 saturated heterocycles. The number of hydrogen-bond donors (Lipinski definition) is 1. The molecule has 0 spiro atoms. The molecule has 34 heavy (non-hydrogen) atoms. The first-order valence-electron chi connectivity index (χ1n) is 11.1. The van der Waals surface area contributed by atoms with Crippen molar-refractivity contribution in [2.75, 3.05) is 6.61 Å². The molecule has 168 valence electrons. The highest BCUT2D eigenvalue weighted by molar-refractivity contribution is 5.84. The Balaban J connectivity index is 1.92. The SMILES string of the molecule is O=[N+]([O-])c1cc2c(cnn2C(c2ccccc2)(c2ccccc2)c2ccccc2)cc1CCO. The van der Waals surface area contributed by atoms with Crippen molar-refractivity contribution in [1.82, 2.24) is 9.78 Å². The lowest BCUT2D eigenvalue weighted by Crippen LogP contribution is -2.38. The van der Waals surface area contributed by atoms with Crippen molar-refractivity contribution in [3.63, 3.8) is 0 Å². The predicted molar refractivity (Wildman–Crippen MR) is 132 cm³/mol. The summed E-state index contributed by atoms with van der Waals surface area (Å²) in [4.78, 5) is 11.5. The summed E-state index contributed by atoms with van der Waals surface area (Å²) in [6, 6.07) is 33.5. The monoisotopic (exact) mass is 449 g/mol. The van der Waals surface area contributed by atoms with Crippen LogP contribution in [0, 0.1) is 10.1 Å². The van der Waals surface area contributed by atoms with E-state index in [1.165, 1.54) is 0 Å². The highest BCUT2D eigenvalue weighted by atomic mass is 16.6. The van der Waals surface area contributed by atoms with E-state index in [1.54, 1.807) is 18.3 Å². The summed E-state index contributed by atoms with van der Waals surface area (Å²) in [5.74, 6) is 0. The van der Waals surface area contributed by atoms with Gasteiger partial charge in [-0.1, -0.05) is 91.0 Å². The Bertz CT molecular complexity index is 1340. The zero-order valence-corrected chi connectivity index (χ0v) is 18.4. The molecule has 0 fully saturated rings. The van der Waals surface area contributed by atoms with Crippen molar-refractivity contribution in [1.29, 1.82) is 0 Å². The Morgan fingerprint density at radius 2 is 1.32 bits per heavy atom. The number of nitro benzene ring substituents is 1. The van der Waals surface area contributed by atoms with Gasteiger partial charge in [-0.3, -0.25) is 10.1 Å². The fourth-order valence-corrected chi connectivity index (χ4v) is 4.77. The summed E-state index contributed by atoms with van der Waals surface area (Å²) in [6.45, 7) is -0.164. The number of fused-ring (bicyclic) bond motifs is 1. The summed E-state index contributed by atoms with van der Waals surface area (Å²) in [7, 11) is 0. The summed E-state index contributed by atoms with van der Waals surface area (Å²) < 4.78 is 1.89. The van der Waals surface area contributed by atoms with Gasteiger partial charge < -0.3 is 5.11 Å². The number of nitrogens with zero attached hydrogens (tertiary/aromatic N) is 3. The van der Waals surface area contributed by atoms with Gasteiger partial charge in [-0.2, -0.15) is 5.10 Å². The maximum atomic E-state index is 11.9. The molecular weight excluding hydrogens is 426 g/mol. The van der Waals surface area contributed by atoms with E-state index in [-0.39, 0.29) is 18.7 Å². The molecule has 0 aliphatic rings. The molecule has 0 saturated carbocycles. The van der Waals surface area contributed by atoms with Crippen LogP contribution >= 0.6 is 0 Å². The molecule has 6 nitrogen and oxygen atoms in total. The number of hydrogen-bond acceptors (Lipinski definition) is 4. The van der Waals surface area contributed by atoms with Crippen LogP contribution < -0.4 is 0 Å². The standard InChI is InChI=1S/C28H23N3O3/c32-17-16-21-18-22-20-29-30(26(22)19-27(21)31(33)34)28(23-10-4-1-5-11-23,24-12-6-2-7-13-24)25-14-8-3-9-15-25/h1-15,18-20,32H,16-17H2. The van der Waals surface area contributed by atoms with E-state index in [2.05, 4.69) is 36.4 Å². The lowest BCUT2D eigenvalue weighted by molar-refractivity contribution is -0.385. The van der Waals surface area contributed by atoms with Crippen LogP contribution in [-0.2, 0) is 12.0 Å². The Labute approximate surface area is 196 Å². The maximum absolute atomic E-state index is 11.9. The van der Waals surface area contributed by atoms with Gasteiger partial charge in [0.05, 0.1) is 16.6 Å². The van der Waals surface area contributed by atoms with Gasteiger partial charge >= 0.3 is 0 Å². The van der Waals surface area contributed by atoms with Crippen molar-refractivity contribution in [2.24, 2.45) is 0 Å². The minimum atomic E-state index is -0.863. The minimum absolute atomic E-state index is 0.0219. The van der Waals surface area contributed by atoms with E-state index < -0.39 is 10.5 Å². The third-order valence-electron chi connectivity index (χ3n) is 6.24. The van der Waals surface area contributed by atoms with Gasteiger partial charge in [0.1, 0.15) is 5.54 Å². The summed E-state index contributed by atoms with van der Waals surface area (Å²) in [5, 5.41) is 27.0. The molecule has 0 amide bonds. The average molecular weight is 450 g/mol. The van der Waals surface area contributed by atoms with Gasteiger partial charge in [-0.25, -0.2) is 4.68 Å². The second-order valence-corrected chi connectivity index (χ2v) is 8.14. The van der Waals surface area contributed by atoms with Gasteiger partial charge in [-0.15, -0.1) is 0 Å². The molecule has 4 aromatic carbocycles. The lowest BCUT2D eigenvalue weighted by atomic mass is 9.77. The second-order valence-electron chi connectivity index (χ2n) is 8.14. The number of aliphatic hydroxyl groups is 1. The van der Waals surface area contributed by atoms with Gasteiger partial charge in [-0.05, 0) is 22.8 Å². The molecule has 0 radical (unpaired) electrons. The van der Waals surface area contributed by atoms with Crippen LogP contribution in [0.5, 0.6) is 0 Å². The summed E-state index contributed by atoms with van der Waals surface area (Å²) in [6.07, 6.45) is 1.95. The molecule has 6 heteroatoms. The predicted octanol–water partition coefficient (Wildman–Crippen LogP) is 5.32. The molecular formula is C28H23N3O3.